The Labute approximate surface area is 329 Å². The van der Waals surface area contributed by atoms with Crippen LogP contribution in [0.25, 0.3) is 17.2 Å². The van der Waals surface area contributed by atoms with Gasteiger partial charge < -0.3 is 24.6 Å². The van der Waals surface area contributed by atoms with Crippen molar-refractivity contribution >= 4 is 34.9 Å². The van der Waals surface area contributed by atoms with Crippen molar-refractivity contribution in [3.8, 4) is 17.1 Å². The number of carbonyl (C=O) groups excluding carboxylic acids is 2. The van der Waals surface area contributed by atoms with Crippen molar-refractivity contribution in [1.82, 2.24) is 39.0 Å². The number of aryl methyl sites for hydroxylation is 2. The molecule has 2 N–H and O–H groups in total. The van der Waals surface area contributed by atoms with Crippen molar-refractivity contribution < 1.29 is 32.6 Å². The molecule has 2 amide bonds. The van der Waals surface area contributed by atoms with Crippen LogP contribution in [0.2, 0.25) is 5.02 Å². The molecule has 1 aromatic carbocycles. The standard InChI is InChI=1S/C39H39ClF3N9O5/c1-20-17-38(10-12-50(13-11-38)36(56)31-33(54)22(3)44-19-45-31)30-32(20)51(18-29(53)47-28-6-4-24(16-26(28)40)39(41,42)43)37-48-34(49-52(37)35(30)55)25-5-7-27(46-21(25)2)23-8-14-57-15-9-23/h4-7,16,19-20,23,54H,8-15,17-18H2,1-3H3,(H,47,53). The minimum atomic E-state index is -4.62. The van der Waals surface area contributed by atoms with Crippen LogP contribution in [0.4, 0.5) is 18.9 Å². The van der Waals surface area contributed by atoms with E-state index in [1.807, 2.05) is 26.0 Å². The fourth-order valence-corrected chi connectivity index (χ4v) is 8.90. The normalized spacial score (nSPS) is 18.3. The van der Waals surface area contributed by atoms with Crippen LogP contribution in [-0.2, 0) is 27.7 Å². The number of piperidine rings is 1. The monoisotopic (exact) mass is 805 g/mol. The zero-order valence-electron chi connectivity index (χ0n) is 31.4. The summed E-state index contributed by atoms with van der Waals surface area (Å²) in [4.78, 5) is 61.3. The van der Waals surface area contributed by atoms with Gasteiger partial charge in [0.1, 0.15) is 12.9 Å². The van der Waals surface area contributed by atoms with Crippen LogP contribution in [0, 0.1) is 13.8 Å². The van der Waals surface area contributed by atoms with E-state index in [4.69, 9.17) is 31.4 Å². The number of aromatic hydroxyl groups is 1. The molecule has 3 aliphatic rings. The SMILES string of the molecule is Cc1nc(C2CCOCC2)ccc1-c1nc2n(CC(=O)Nc3ccc(C(F)(F)F)cc3Cl)c3c(c(=O)n2n1)C1(CCN(C(=O)c2ncnc(C)c2O)CC1)CC3C. The fourth-order valence-electron chi connectivity index (χ4n) is 8.67. The molecule has 1 atom stereocenters. The number of anilines is 1. The zero-order chi connectivity index (χ0) is 40.4. The van der Waals surface area contributed by atoms with E-state index in [1.54, 1.807) is 16.4 Å². The van der Waals surface area contributed by atoms with Crippen LogP contribution >= 0.6 is 11.6 Å². The average Bonchev–Trinajstić information content (AvgIpc) is 3.75. The smallest absolute Gasteiger partial charge is 0.416 e. The molecule has 1 aliphatic carbocycles. The van der Waals surface area contributed by atoms with Gasteiger partial charge in [-0.3, -0.25) is 19.4 Å². The number of fused-ring (bicyclic) bond motifs is 3. The van der Waals surface area contributed by atoms with Gasteiger partial charge >= 0.3 is 6.18 Å². The van der Waals surface area contributed by atoms with Crippen LogP contribution in [-0.4, -0.2) is 82.2 Å². The first kappa shape index (κ1) is 38.5. The first-order chi connectivity index (χ1) is 27.1. The molecular weight excluding hydrogens is 767 g/mol. The molecule has 0 saturated carbocycles. The largest absolute Gasteiger partial charge is 0.504 e. The highest BCUT2D eigenvalue weighted by Crippen LogP contribution is 2.50. The number of rotatable bonds is 6. The summed E-state index contributed by atoms with van der Waals surface area (Å²) in [6, 6.07) is 6.50. The van der Waals surface area contributed by atoms with Gasteiger partial charge in [-0.25, -0.2) is 9.97 Å². The summed E-state index contributed by atoms with van der Waals surface area (Å²) >= 11 is 6.20. The molecule has 6 heterocycles. The highest BCUT2D eigenvalue weighted by Gasteiger charge is 2.49. The minimum absolute atomic E-state index is 0.0108. The van der Waals surface area contributed by atoms with Gasteiger partial charge in [-0.2, -0.15) is 22.7 Å². The van der Waals surface area contributed by atoms with Crippen LogP contribution in [0.5, 0.6) is 5.75 Å². The van der Waals surface area contributed by atoms with Crippen molar-refractivity contribution in [1.29, 1.82) is 0 Å². The maximum absolute atomic E-state index is 14.7. The van der Waals surface area contributed by atoms with E-state index in [0.29, 0.717) is 55.0 Å². The summed E-state index contributed by atoms with van der Waals surface area (Å²) in [6.45, 7) is 6.90. The lowest BCUT2D eigenvalue weighted by atomic mass is 9.73. The van der Waals surface area contributed by atoms with Crippen molar-refractivity contribution in [2.75, 3.05) is 31.6 Å². The number of pyridine rings is 1. The zero-order valence-corrected chi connectivity index (χ0v) is 32.1. The number of halogens is 4. The van der Waals surface area contributed by atoms with Crippen LogP contribution < -0.4 is 10.9 Å². The third-order valence-electron chi connectivity index (χ3n) is 11.6. The number of ether oxygens (including phenoxy) is 1. The summed E-state index contributed by atoms with van der Waals surface area (Å²) < 4.78 is 48.4. The lowest BCUT2D eigenvalue weighted by molar-refractivity contribution is -0.137. The van der Waals surface area contributed by atoms with Crippen LogP contribution in [0.1, 0.15) is 95.3 Å². The molecule has 1 spiro atoms. The van der Waals surface area contributed by atoms with E-state index >= 15 is 0 Å². The molecule has 14 nitrogen and oxygen atoms in total. The Balaban J connectivity index is 1.18. The number of likely N-dealkylation sites (tertiary alicyclic amines) is 1. The Morgan fingerprint density at radius 2 is 1.79 bits per heavy atom. The van der Waals surface area contributed by atoms with Gasteiger partial charge in [-0.05, 0) is 82.2 Å². The average molecular weight is 806 g/mol. The third kappa shape index (κ3) is 6.89. The van der Waals surface area contributed by atoms with Gasteiger partial charge in [0.25, 0.3) is 11.5 Å². The van der Waals surface area contributed by atoms with Crippen molar-refractivity contribution in [3.05, 3.63) is 91.6 Å². The Hall–Kier alpha value is -5.42. The Bertz CT molecular complexity index is 2490. The van der Waals surface area contributed by atoms with Gasteiger partial charge in [-0.1, -0.05) is 18.5 Å². The molecule has 0 bridgehead atoms. The number of benzene rings is 1. The van der Waals surface area contributed by atoms with Gasteiger partial charge in [0, 0.05) is 65.8 Å². The van der Waals surface area contributed by atoms with E-state index in [1.165, 1.54) is 10.8 Å². The number of hydrogen-bond donors (Lipinski definition) is 2. The van der Waals surface area contributed by atoms with Gasteiger partial charge in [0.2, 0.25) is 11.7 Å². The molecule has 2 saturated heterocycles. The second-order valence-electron chi connectivity index (χ2n) is 15.1. The number of aromatic nitrogens is 7. The van der Waals surface area contributed by atoms with Gasteiger partial charge in [0.05, 0.1) is 22.0 Å². The first-order valence-corrected chi connectivity index (χ1v) is 19.1. The summed E-state index contributed by atoms with van der Waals surface area (Å²) in [5.74, 6) is -0.972. The number of hydrogen-bond acceptors (Lipinski definition) is 10. The molecule has 0 radical (unpaired) electrons. The topological polar surface area (TPSA) is 170 Å². The Morgan fingerprint density at radius 1 is 1.05 bits per heavy atom. The number of nitrogens with zero attached hydrogens (tertiary/aromatic N) is 8. The number of carbonyl (C=O) groups is 2. The van der Waals surface area contributed by atoms with E-state index in [9.17, 15) is 32.7 Å². The predicted octanol–water partition coefficient (Wildman–Crippen LogP) is 5.95. The maximum atomic E-state index is 14.7. The summed E-state index contributed by atoms with van der Waals surface area (Å²) in [6.07, 6.45) is -0.315. The number of alkyl halides is 3. The van der Waals surface area contributed by atoms with Gasteiger partial charge in [-0.15, -0.1) is 5.10 Å². The maximum Gasteiger partial charge on any atom is 0.416 e. The quantitative estimate of drug-likeness (QED) is 0.209. The molecule has 18 heteroatoms. The molecule has 1 unspecified atom stereocenters. The van der Waals surface area contributed by atoms with E-state index in [-0.39, 0.29) is 76.5 Å². The van der Waals surface area contributed by atoms with E-state index < -0.39 is 29.0 Å². The molecule has 4 aromatic heterocycles. The molecule has 57 heavy (non-hydrogen) atoms. The predicted molar refractivity (Wildman–Crippen MR) is 201 cm³/mol. The Kier molecular flexibility index (Phi) is 9.79. The first-order valence-electron chi connectivity index (χ1n) is 18.7. The van der Waals surface area contributed by atoms with E-state index in [0.717, 1.165) is 36.7 Å². The van der Waals surface area contributed by atoms with E-state index in [2.05, 4.69) is 15.3 Å². The second-order valence-corrected chi connectivity index (χ2v) is 15.5. The van der Waals surface area contributed by atoms with Crippen molar-refractivity contribution in [2.24, 2.45) is 0 Å². The fraction of sp³-hybridized carbons (Fsp3) is 0.436. The van der Waals surface area contributed by atoms with Crippen molar-refractivity contribution in [2.45, 2.75) is 82.8 Å². The summed E-state index contributed by atoms with van der Waals surface area (Å²) in [5.41, 5.74) is 1.42. The second kappa shape index (κ2) is 14.5. The number of amides is 2. The molecule has 8 rings (SSSR count). The number of nitrogens with one attached hydrogen (secondary N) is 1. The lowest BCUT2D eigenvalue weighted by Crippen LogP contribution is -2.46. The molecule has 298 valence electrons. The summed E-state index contributed by atoms with van der Waals surface area (Å²) in [5, 5.41) is 17.6. The molecule has 5 aromatic rings. The van der Waals surface area contributed by atoms with Crippen LogP contribution in [0.15, 0.2) is 41.5 Å². The minimum Gasteiger partial charge on any atom is -0.504 e. The summed E-state index contributed by atoms with van der Waals surface area (Å²) in [7, 11) is 0. The van der Waals surface area contributed by atoms with Gasteiger partial charge in [0.15, 0.2) is 17.3 Å². The molecule has 2 aliphatic heterocycles. The highest BCUT2D eigenvalue weighted by molar-refractivity contribution is 6.33. The third-order valence-corrected chi connectivity index (χ3v) is 11.9. The molecule has 2 fully saturated rings. The van der Waals surface area contributed by atoms with Crippen molar-refractivity contribution in [3.63, 3.8) is 0 Å². The molecular formula is C39H39ClF3N9O5. The Morgan fingerprint density at radius 3 is 2.47 bits per heavy atom. The highest BCUT2D eigenvalue weighted by atomic mass is 35.5. The van der Waals surface area contributed by atoms with Crippen LogP contribution in [0.3, 0.4) is 0 Å². The lowest BCUT2D eigenvalue weighted by Gasteiger charge is -2.39.